The molecule has 4 heteroatoms. The molecule has 0 unspecified atom stereocenters. The van der Waals surface area contributed by atoms with Crippen LogP contribution in [0.3, 0.4) is 0 Å². The Bertz CT molecular complexity index is 610. The van der Waals surface area contributed by atoms with E-state index in [9.17, 15) is 14.7 Å². The van der Waals surface area contributed by atoms with E-state index in [2.05, 4.69) is 0 Å². The minimum atomic E-state index is -0.757. The molecule has 3 rings (SSSR count). The van der Waals surface area contributed by atoms with Gasteiger partial charge in [0.05, 0.1) is 5.41 Å². The van der Waals surface area contributed by atoms with Crippen molar-refractivity contribution >= 4 is 18.0 Å². The number of rotatable bonds is 4. The van der Waals surface area contributed by atoms with Crippen molar-refractivity contribution in [1.82, 2.24) is 4.90 Å². The summed E-state index contributed by atoms with van der Waals surface area (Å²) in [6.07, 6.45) is 6.27. The van der Waals surface area contributed by atoms with Gasteiger partial charge in [-0.2, -0.15) is 0 Å². The highest BCUT2D eigenvalue weighted by Crippen LogP contribution is 2.51. The molecule has 116 valence electrons. The normalized spacial score (nSPS) is 30.1. The quantitative estimate of drug-likeness (QED) is 0.870. The number of nitrogens with zero attached hydrogens (tertiary/aromatic N) is 1. The van der Waals surface area contributed by atoms with Gasteiger partial charge in [0, 0.05) is 18.2 Å². The van der Waals surface area contributed by atoms with Crippen molar-refractivity contribution in [2.45, 2.75) is 44.7 Å². The van der Waals surface area contributed by atoms with Gasteiger partial charge in [0.25, 0.3) is 0 Å². The SMILES string of the molecule is CC[C@@]1(C(=O)O)C[C@@H]2CC[C@H]1N2C(=O)C=Cc1ccccc1. The molecular weight excluding hydrogens is 278 g/mol. The first-order chi connectivity index (χ1) is 10.6. The Labute approximate surface area is 130 Å². The molecule has 1 N–H and O–H groups in total. The van der Waals surface area contributed by atoms with Crippen molar-refractivity contribution < 1.29 is 14.7 Å². The van der Waals surface area contributed by atoms with Gasteiger partial charge < -0.3 is 10.0 Å². The number of hydrogen-bond donors (Lipinski definition) is 1. The molecule has 22 heavy (non-hydrogen) atoms. The van der Waals surface area contributed by atoms with E-state index in [-0.39, 0.29) is 18.0 Å². The Kier molecular flexibility index (Phi) is 3.77. The van der Waals surface area contributed by atoms with Gasteiger partial charge in [-0.3, -0.25) is 9.59 Å². The Morgan fingerprint density at radius 3 is 2.64 bits per heavy atom. The summed E-state index contributed by atoms with van der Waals surface area (Å²) < 4.78 is 0. The molecule has 1 aromatic rings. The van der Waals surface area contributed by atoms with Crippen LogP contribution in [0.5, 0.6) is 0 Å². The summed E-state index contributed by atoms with van der Waals surface area (Å²) in [6.45, 7) is 1.91. The Balaban J connectivity index is 1.80. The molecule has 3 atom stereocenters. The summed E-state index contributed by atoms with van der Waals surface area (Å²) >= 11 is 0. The van der Waals surface area contributed by atoms with Crippen LogP contribution >= 0.6 is 0 Å². The standard InChI is InChI=1S/C18H21NO3/c1-2-18(17(21)22)12-14-9-10-15(18)19(14)16(20)11-8-13-6-4-3-5-7-13/h3-8,11,14-15H,2,9-10,12H2,1H3,(H,21,22)/t14-,15+,18+/m0/s1. The Morgan fingerprint density at radius 1 is 1.32 bits per heavy atom. The van der Waals surface area contributed by atoms with Crippen molar-refractivity contribution in [1.29, 1.82) is 0 Å². The largest absolute Gasteiger partial charge is 0.481 e. The summed E-state index contributed by atoms with van der Waals surface area (Å²) in [5.41, 5.74) is 0.224. The number of benzene rings is 1. The Morgan fingerprint density at radius 2 is 2.05 bits per heavy atom. The number of carbonyl (C=O) groups is 2. The van der Waals surface area contributed by atoms with Gasteiger partial charge in [0.15, 0.2) is 0 Å². The van der Waals surface area contributed by atoms with Crippen LogP contribution in [0.15, 0.2) is 36.4 Å². The molecule has 4 nitrogen and oxygen atoms in total. The van der Waals surface area contributed by atoms with Gasteiger partial charge >= 0.3 is 5.97 Å². The van der Waals surface area contributed by atoms with E-state index in [4.69, 9.17) is 0 Å². The molecule has 2 heterocycles. The molecule has 2 fully saturated rings. The smallest absolute Gasteiger partial charge is 0.311 e. The number of carbonyl (C=O) groups excluding carboxylic acids is 1. The van der Waals surface area contributed by atoms with Crippen LogP contribution in [0.2, 0.25) is 0 Å². The molecule has 0 aromatic heterocycles. The zero-order valence-electron chi connectivity index (χ0n) is 12.7. The van der Waals surface area contributed by atoms with E-state index < -0.39 is 11.4 Å². The van der Waals surface area contributed by atoms with E-state index in [1.807, 2.05) is 42.2 Å². The van der Waals surface area contributed by atoms with E-state index >= 15 is 0 Å². The van der Waals surface area contributed by atoms with Gasteiger partial charge in [-0.05, 0) is 37.3 Å². The van der Waals surface area contributed by atoms with Gasteiger partial charge in [0.1, 0.15) is 0 Å². The zero-order valence-corrected chi connectivity index (χ0v) is 12.7. The third-order valence-electron chi connectivity index (χ3n) is 5.27. The van der Waals surface area contributed by atoms with Crippen molar-refractivity contribution in [3.8, 4) is 0 Å². The summed E-state index contributed by atoms with van der Waals surface area (Å²) in [6, 6.07) is 9.59. The summed E-state index contributed by atoms with van der Waals surface area (Å²) in [7, 11) is 0. The lowest BCUT2D eigenvalue weighted by molar-refractivity contribution is -0.151. The third kappa shape index (κ3) is 2.23. The third-order valence-corrected chi connectivity index (χ3v) is 5.27. The lowest BCUT2D eigenvalue weighted by Gasteiger charge is -2.32. The summed E-state index contributed by atoms with van der Waals surface area (Å²) in [5, 5.41) is 9.64. The van der Waals surface area contributed by atoms with Crippen molar-refractivity contribution in [2.24, 2.45) is 5.41 Å². The number of carboxylic acids is 1. The minimum absolute atomic E-state index is 0.0621. The second kappa shape index (κ2) is 5.59. The molecule has 1 amide bonds. The molecule has 0 aliphatic carbocycles. The van der Waals surface area contributed by atoms with E-state index in [0.717, 1.165) is 18.4 Å². The molecular formula is C18H21NO3. The molecule has 2 aliphatic rings. The first kappa shape index (κ1) is 14.8. The van der Waals surface area contributed by atoms with Gasteiger partial charge in [-0.1, -0.05) is 37.3 Å². The zero-order chi connectivity index (χ0) is 15.7. The lowest BCUT2D eigenvalue weighted by atomic mass is 9.72. The van der Waals surface area contributed by atoms with Crippen LogP contribution in [-0.4, -0.2) is 34.0 Å². The average Bonchev–Trinajstić information content (AvgIpc) is 3.09. The average molecular weight is 299 g/mol. The predicted molar refractivity (Wildman–Crippen MR) is 84.1 cm³/mol. The predicted octanol–water partition coefficient (Wildman–Crippen LogP) is 2.94. The second-order valence-corrected chi connectivity index (χ2v) is 6.26. The van der Waals surface area contributed by atoms with E-state index in [1.54, 1.807) is 12.2 Å². The van der Waals surface area contributed by atoms with E-state index in [1.165, 1.54) is 0 Å². The molecule has 0 radical (unpaired) electrons. The van der Waals surface area contributed by atoms with Crippen LogP contribution < -0.4 is 0 Å². The number of aliphatic carboxylic acids is 1. The van der Waals surface area contributed by atoms with Crippen LogP contribution in [0, 0.1) is 5.41 Å². The number of fused-ring (bicyclic) bond motifs is 2. The van der Waals surface area contributed by atoms with Crippen molar-refractivity contribution in [3.63, 3.8) is 0 Å². The fourth-order valence-corrected chi connectivity index (χ4v) is 4.09. The number of amides is 1. The maximum Gasteiger partial charge on any atom is 0.311 e. The number of carboxylic acid groups (broad SMARTS) is 1. The van der Waals surface area contributed by atoms with Gasteiger partial charge in [-0.15, -0.1) is 0 Å². The molecule has 0 saturated carbocycles. The molecule has 2 bridgehead atoms. The van der Waals surface area contributed by atoms with Crippen LogP contribution in [0.4, 0.5) is 0 Å². The first-order valence-corrected chi connectivity index (χ1v) is 7.87. The fourth-order valence-electron chi connectivity index (χ4n) is 4.09. The summed E-state index contributed by atoms with van der Waals surface area (Å²) in [4.78, 5) is 26.1. The first-order valence-electron chi connectivity index (χ1n) is 7.87. The van der Waals surface area contributed by atoms with E-state index in [0.29, 0.717) is 12.8 Å². The lowest BCUT2D eigenvalue weighted by Crippen LogP contribution is -2.44. The monoisotopic (exact) mass is 299 g/mol. The van der Waals surface area contributed by atoms with Crippen molar-refractivity contribution in [2.75, 3.05) is 0 Å². The maximum absolute atomic E-state index is 12.6. The molecule has 1 aromatic carbocycles. The summed E-state index contributed by atoms with van der Waals surface area (Å²) in [5.74, 6) is -0.819. The topological polar surface area (TPSA) is 57.6 Å². The van der Waals surface area contributed by atoms with Gasteiger partial charge in [0.2, 0.25) is 5.91 Å². The highest BCUT2D eigenvalue weighted by atomic mass is 16.4. The number of hydrogen-bond acceptors (Lipinski definition) is 2. The van der Waals surface area contributed by atoms with Crippen molar-refractivity contribution in [3.05, 3.63) is 42.0 Å². The molecule has 0 spiro atoms. The molecule has 2 aliphatic heterocycles. The minimum Gasteiger partial charge on any atom is -0.481 e. The maximum atomic E-state index is 12.6. The fraction of sp³-hybridized carbons (Fsp3) is 0.444. The highest BCUT2D eigenvalue weighted by Gasteiger charge is 2.60. The van der Waals surface area contributed by atoms with Crippen LogP contribution in [-0.2, 0) is 9.59 Å². The Hall–Kier alpha value is -2.10. The second-order valence-electron chi connectivity index (χ2n) is 6.26. The van der Waals surface area contributed by atoms with Crippen LogP contribution in [0.1, 0.15) is 38.2 Å². The molecule has 2 saturated heterocycles. The van der Waals surface area contributed by atoms with Crippen LogP contribution in [0.25, 0.3) is 6.08 Å². The highest BCUT2D eigenvalue weighted by molar-refractivity contribution is 5.93. The van der Waals surface area contributed by atoms with Gasteiger partial charge in [-0.25, -0.2) is 0 Å².